The number of likely N-dealkylation sites (tertiary alicyclic amines) is 1. The molecule has 2 aromatic heterocycles. The van der Waals surface area contributed by atoms with Gasteiger partial charge in [-0.3, -0.25) is 4.79 Å². The summed E-state index contributed by atoms with van der Waals surface area (Å²) in [7, 11) is -3.63. The van der Waals surface area contributed by atoms with E-state index in [1.807, 2.05) is 5.38 Å². The largest absolute Gasteiger partial charge is 0.466 e. The average molecular weight is 631 g/mol. The first-order chi connectivity index (χ1) is 18.6. The number of hydrogen-bond donors (Lipinski definition) is 0. The molecule has 1 fully saturated rings. The Morgan fingerprint density at radius 2 is 1.85 bits per heavy atom. The van der Waals surface area contributed by atoms with Gasteiger partial charge in [0.05, 0.1) is 20.7 Å². The molecule has 0 radical (unpaired) electrons. The first-order valence-corrected chi connectivity index (χ1v) is 15.7. The van der Waals surface area contributed by atoms with E-state index in [1.165, 1.54) is 12.4 Å². The molecule has 1 unspecified atom stereocenters. The molecule has 0 N–H and O–H groups in total. The molecule has 39 heavy (non-hydrogen) atoms. The van der Waals surface area contributed by atoms with Gasteiger partial charge in [-0.1, -0.05) is 40.0 Å². The summed E-state index contributed by atoms with van der Waals surface area (Å²) in [4.78, 5) is 32.5. The van der Waals surface area contributed by atoms with Crippen LogP contribution >= 0.6 is 46.1 Å². The lowest BCUT2D eigenvalue weighted by Gasteiger charge is -2.31. The number of benzene rings is 1. The Bertz CT molecular complexity index is 1520. The van der Waals surface area contributed by atoms with Crippen LogP contribution in [0.1, 0.15) is 47.5 Å². The number of piperidine rings is 1. The molecule has 206 valence electrons. The van der Waals surface area contributed by atoms with Crippen LogP contribution in [0.15, 0.2) is 40.1 Å². The smallest absolute Gasteiger partial charge is 0.260 e. The summed E-state index contributed by atoms with van der Waals surface area (Å²) < 4.78 is 29.1. The summed E-state index contributed by atoms with van der Waals surface area (Å²) in [6.07, 6.45) is 5.11. The summed E-state index contributed by atoms with van der Waals surface area (Å²) >= 11 is 20.3. The third-order valence-electron chi connectivity index (χ3n) is 6.37. The Hall–Kier alpha value is -2.51. The van der Waals surface area contributed by atoms with Crippen molar-refractivity contribution in [2.75, 3.05) is 26.0 Å². The van der Waals surface area contributed by atoms with Gasteiger partial charge in [0.1, 0.15) is 5.71 Å². The van der Waals surface area contributed by atoms with Gasteiger partial charge in [0.2, 0.25) is 5.03 Å². The van der Waals surface area contributed by atoms with Crippen LogP contribution in [0.2, 0.25) is 15.1 Å². The summed E-state index contributed by atoms with van der Waals surface area (Å²) in [6.45, 7) is 0.734. The number of halogens is 3. The van der Waals surface area contributed by atoms with Crippen LogP contribution in [0.5, 0.6) is 5.88 Å². The van der Waals surface area contributed by atoms with Gasteiger partial charge in [-0.2, -0.15) is 0 Å². The molecule has 2 aliphatic rings. The monoisotopic (exact) mass is 629 g/mol. The summed E-state index contributed by atoms with van der Waals surface area (Å²) in [5.41, 5.74) is 2.10. The van der Waals surface area contributed by atoms with Crippen molar-refractivity contribution in [3.8, 4) is 5.88 Å². The molecule has 0 saturated carbocycles. The van der Waals surface area contributed by atoms with Crippen molar-refractivity contribution in [2.45, 2.75) is 36.3 Å². The number of carbonyl (C=O) groups excluding carboxylic acids is 1. The van der Waals surface area contributed by atoms with Gasteiger partial charge in [0.25, 0.3) is 11.8 Å². The number of oxime groups is 1. The number of aromatic nitrogens is 3. The molecule has 4 heterocycles. The number of ether oxygens (including phenoxy) is 1. The van der Waals surface area contributed by atoms with Crippen LogP contribution in [0, 0.1) is 0 Å². The molecule has 15 heteroatoms. The van der Waals surface area contributed by atoms with Crippen molar-refractivity contribution in [1.29, 1.82) is 0 Å². The van der Waals surface area contributed by atoms with Gasteiger partial charge in [0.15, 0.2) is 22.5 Å². The maximum Gasteiger partial charge on any atom is 0.260 e. The number of rotatable bonds is 7. The van der Waals surface area contributed by atoms with E-state index >= 15 is 0 Å². The molecule has 1 saturated heterocycles. The lowest BCUT2D eigenvalue weighted by atomic mass is 9.97. The van der Waals surface area contributed by atoms with Crippen molar-refractivity contribution < 1.29 is 22.8 Å². The fourth-order valence-corrected chi connectivity index (χ4v) is 7.16. The zero-order valence-electron chi connectivity index (χ0n) is 20.5. The highest BCUT2D eigenvalue weighted by molar-refractivity contribution is 7.90. The standard InChI is InChI=1S/C24H22Cl3N5O5S2/c1-39(34,35)24-22(28-4-5-29-24)36-11-20(33)32-6-2-13(3-7-32)23-30-18(12-38-23)17-10-19(37-31-17)21-15(26)8-14(25)9-16(21)27/h4-5,8-9,12-13,19H,2-3,6-7,10-11H2,1H3. The molecule has 1 aromatic carbocycles. The minimum absolute atomic E-state index is 0.180. The van der Waals surface area contributed by atoms with Gasteiger partial charge in [0, 0.05) is 60.0 Å². The fourth-order valence-electron chi connectivity index (χ4n) is 4.42. The van der Waals surface area contributed by atoms with Gasteiger partial charge in [-0.15, -0.1) is 11.3 Å². The fraction of sp³-hybridized carbons (Fsp3) is 0.375. The van der Waals surface area contributed by atoms with E-state index in [2.05, 4.69) is 15.1 Å². The third kappa shape index (κ3) is 6.30. The molecule has 0 bridgehead atoms. The Morgan fingerprint density at radius 1 is 1.15 bits per heavy atom. The molecule has 3 aromatic rings. The second-order valence-corrected chi connectivity index (χ2v) is 13.1. The minimum Gasteiger partial charge on any atom is -0.466 e. The molecule has 10 nitrogen and oxygen atoms in total. The van der Waals surface area contributed by atoms with Crippen LogP contribution in [-0.4, -0.2) is 65.8 Å². The van der Waals surface area contributed by atoms with E-state index in [1.54, 1.807) is 28.4 Å². The molecule has 2 aliphatic heterocycles. The van der Waals surface area contributed by atoms with Crippen molar-refractivity contribution in [3.63, 3.8) is 0 Å². The normalized spacial score (nSPS) is 18.1. The van der Waals surface area contributed by atoms with Crippen LogP contribution in [0.3, 0.4) is 0 Å². The lowest BCUT2D eigenvalue weighted by Crippen LogP contribution is -2.40. The predicted octanol–water partition coefficient (Wildman–Crippen LogP) is 4.95. The molecule has 1 amide bonds. The molecular weight excluding hydrogens is 609 g/mol. The van der Waals surface area contributed by atoms with Gasteiger partial charge in [-0.05, 0) is 25.0 Å². The molecule has 5 rings (SSSR count). The maximum absolute atomic E-state index is 12.7. The zero-order chi connectivity index (χ0) is 27.7. The molecule has 0 spiro atoms. The molecule has 1 atom stereocenters. The average Bonchev–Trinajstić information content (AvgIpc) is 3.57. The number of sulfone groups is 1. The highest BCUT2D eigenvalue weighted by Crippen LogP contribution is 2.40. The molecular formula is C24H22Cl3N5O5S2. The van der Waals surface area contributed by atoms with E-state index < -0.39 is 15.9 Å². The van der Waals surface area contributed by atoms with Crippen molar-refractivity contribution in [3.05, 3.63) is 61.2 Å². The second kappa shape index (κ2) is 11.5. The predicted molar refractivity (Wildman–Crippen MR) is 148 cm³/mol. The first kappa shape index (κ1) is 28.0. The lowest BCUT2D eigenvalue weighted by molar-refractivity contribution is -0.134. The van der Waals surface area contributed by atoms with Crippen LogP contribution in [-0.2, 0) is 19.5 Å². The Labute approximate surface area is 243 Å². The number of hydrogen-bond acceptors (Lipinski definition) is 10. The van der Waals surface area contributed by atoms with Gasteiger partial charge >= 0.3 is 0 Å². The topological polar surface area (TPSA) is 124 Å². The SMILES string of the molecule is CS(=O)(=O)c1nccnc1OCC(=O)N1CCC(c2nc(C3=NOC(c4c(Cl)cc(Cl)cc4Cl)C3)cs2)CC1. The van der Waals surface area contributed by atoms with E-state index in [0.29, 0.717) is 45.9 Å². The van der Waals surface area contributed by atoms with Crippen molar-refractivity contribution in [1.82, 2.24) is 19.9 Å². The van der Waals surface area contributed by atoms with Crippen molar-refractivity contribution >= 4 is 67.6 Å². The highest BCUT2D eigenvalue weighted by Gasteiger charge is 2.31. The third-order valence-corrected chi connectivity index (χ3v) is 9.20. The number of thiazole rings is 1. The quantitative estimate of drug-likeness (QED) is 0.359. The van der Waals surface area contributed by atoms with Crippen LogP contribution < -0.4 is 4.74 Å². The van der Waals surface area contributed by atoms with Crippen LogP contribution in [0.4, 0.5) is 0 Å². The Morgan fingerprint density at radius 3 is 2.54 bits per heavy atom. The molecule has 0 aliphatic carbocycles. The second-order valence-electron chi connectivity index (χ2n) is 9.07. The summed E-state index contributed by atoms with van der Waals surface area (Å²) in [5, 5.41) is 8.15. The number of nitrogens with zero attached hydrogens (tertiary/aromatic N) is 5. The summed E-state index contributed by atoms with van der Waals surface area (Å²) in [6, 6.07) is 3.25. The first-order valence-electron chi connectivity index (χ1n) is 11.8. The highest BCUT2D eigenvalue weighted by atomic mass is 35.5. The number of carbonyl (C=O) groups is 1. The van der Waals surface area contributed by atoms with E-state index in [0.717, 1.165) is 29.8 Å². The van der Waals surface area contributed by atoms with E-state index in [9.17, 15) is 13.2 Å². The van der Waals surface area contributed by atoms with Gasteiger partial charge < -0.3 is 14.5 Å². The zero-order valence-corrected chi connectivity index (χ0v) is 24.4. The Kier molecular flexibility index (Phi) is 8.29. The Balaban J connectivity index is 1.15. The minimum atomic E-state index is -3.63. The summed E-state index contributed by atoms with van der Waals surface area (Å²) in [5.74, 6) is -0.231. The van der Waals surface area contributed by atoms with Crippen LogP contribution in [0.25, 0.3) is 0 Å². The van der Waals surface area contributed by atoms with E-state index in [4.69, 9.17) is 49.4 Å². The number of amides is 1. The maximum atomic E-state index is 12.7. The van der Waals surface area contributed by atoms with Crippen molar-refractivity contribution in [2.24, 2.45) is 5.16 Å². The van der Waals surface area contributed by atoms with E-state index in [-0.39, 0.29) is 29.3 Å². The van der Waals surface area contributed by atoms with Gasteiger partial charge in [-0.25, -0.2) is 23.4 Å².